The van der Waals surface area contributed by atoms with Crippen LogP contribution in [0.15, 0.2) is 12.3 Å². The third kappa shape index (κ3) is 3.03. The van der Waals surface area contributed by atoms with E-state index < -0.39 is 39.5 Å². The number of aromatic nitrogens is 1. The molecule has 1 saturated heterocycles. The highest BCUT2D eigenvalue weighted by Gasteiger charge is 2.52. The van der Waals surface area contributed by atoms with Crippen molar-refractivity contribution in [2.75, 3.05) is 0 Å². The van der Waals surface area contributed by atoms with Gasteiger partial charge in [0.05, 0.1) is 11.2 Å². The summed E-state index contributed by atoms with van der Waals surface area (Å²) in [5, 5.41) is 3.88. The maximum absolute atomic E-state index is 13.8. The van der Waals surface area contributed by atoms with E-state index in [-0.39, 0.29) is 5.56 Å². The van der Waals surface area contributed by atoms with E-state index in [2.05, 4.69) is 4.98 Å². The summed E-state index contributed by atoms with van der Waals surface area (Å²) >= 11 is 0. The molecule has 1 fully saturated rings. The lowest BCUT2D eigenvalue weighted by Crippen LogP contribution is -2.41. The highest BCUT2D eigenvalue weighted by molar-refractivity contribution is 7.89. The molecule has 9 heteroatoms. The van der Waals surface area contributed by atoms with Crippen LogP contribution >= 0.6 is 0 Å². The van der Waals surface area contributed by atoms with Gasteiger partial charge in [-0.25, -0.2) is 18.5 Å². The minimum Gasteiger partial charge on any atom is -0.399 e. The first-order valence-corrected chi connectivity index (χ1v) is 8.49. The number of nitrogens with zero attached hydrogens (tertiary/aromatic N) is 1. The van der Waals surface area contributed by atoms with E-state index in [9.17, 15) is 12.8 Å². The zero-order chi connectivity index (χ0) is 16.9. The van der Waals surface area contributed by atoms with Gasteiger partial charge in [-0.2, -0.15) is 4.39 Å². The van der Waals surface area contributed by atoms with Gasteiger partial charge >= 0.3 is 7.12 Å². The summed E-state index contributed by atoms with van der Waals surface area (Å²) in [5.74, 6) is -0.873. The molecular weight excluding hydrogens is 310 g/mol. The van der Waals surface area contributed by atoms with Gasteiger partial charge in [0, 0.05) is 17.2 Å². The molecular formula is C13H20BFN2O4S. The minimum absolute atomic E-state index is 0.102. The van der Waals surface area contributed by atoms with Crippen LogP contribution in [0.1, 0.15) is 45.4 Å². The summed E-state index contributed by atoms with van der Waals surface area (Å²) in [6, 6.07) is 1.37. The molecule has 2 rings (SSSR count). The van der Waals surface area contributed by atoms with Gasteiger partial charge in [-0.1, -0.05) is 6.07 Å². The Kier molecular flexibility index (Phi) is 4.14. The number of nitrogens with two attached hydrogens (primary N) is 1. The van der Waals surface area contributed by atoms with Crippen LogP contribution < -0.4 is 10.6 Å². The molecule has 0 spiro atoms. The van der Waals surface area contributed by atoms with Crippen molar-refractivity contribution in [3.63, 3.8) is 0 Å². The van der Waals surface area contributed by atoms with Crippen LogP contribution in [-0.2, 0) is 19.3 Å². The number of pyridine rings is 1. The summed E-state index contributed by atoms with van der Waals surface area (Å²) in [4.78, 5) is 3.61. The molecule has 0 aliphatic carbocycles. The van der Waals surface area contributed by atoms with E-state index in [0.29, 0.717) is 5.46 Å². The van der Waals surface area contributed by atoms with Crippen molar-refractivity contribution in [1.29, 1.82) is 0 Å². The fourth-order valence-electron chi connectivity index (χ4n) is 2.05. The van der Waals surface area contributed by atoms with E-state index in [1.54, 1.807) is 0 Å². The van der Waals surface area contributed by atoms with Crippen molar-refractivity contribution in [2.45, 2.75) is 51.1 Å². The third-order valence-electron chi connectivity index (χ3n) is 4.34. The van der Waals surface area contributed by atoms with Gasteiger partial charge < -0.3 is 9.31 Å². The van der Waals surface area contributed by atoms with Crippen molar-refractivity contribution in [3.8, 4) is 0 Å². The minimum atomic E-state index is -3.93. The van der Waals surface area contributed by atoms with Gasteiger partial charge in [-0.3, -0.25) is 0 Å². The molecule has 122 valence electrons. The van der Waals surface area contributed by atoms with Crippen LogP contribution in [0, 0.1) is 5.95 Å². The average Bonchev–Trinajstić information content (AvgIpc) is 2.57. The van der Waals surface area contributed by atoms with Gasteiger partial charge in [0.2, 0.25) is 16.0 Å². The monoisotopic (exact) mass is 330 g/mol. The Hall–Kier alpha value is -1.03. The molecule has 1 unspecified atom stereocenters. The normalized spacial score (nSPS) is 21.9. The second-order valence-electron chi connectivity index (χ2n) is 6.47. The van der Waals surface area contributed by atoms with Gasteiger partial charge in [-0.15, -0.1) is 0 Å². The largest absolute Gasteiger partial charge is 0.496 e. The first-order chi connectivity index (χ1) is 9.85. The Morgan fingerprint density at radius 1 is 1.27 bits per heavy atom. The maximum atomic E-state index is 13.8. The predicted molar refractivity (Wildman–Crippen MR) is 81.4 cm³/mol. The fourth-order valence-corrected chi connectivity index (χ4v) is 2.57. The number of hydrogen-bond donors (Lipinski definition) is 1. The Morgan fingerprint density at radius 3 is 2.23 bits per heavy atom. The van der Waals surface area contributed by atoms with E-state index in [4.69, 9.17) is 14.4 Å². The lowest BCUT2D eigenvalue weighted by Gasteiger charge is -2.32. The Bertz CT molecular complexity index is 677. The molecule has 0 bridgehead atoms. The van der Waals surface area contributed by atoms with E-state index in [1.165, 1.54) is 19.2 Å². The summed E-state index contributed by atoms with van der Waals surface area (Å²) in [6.45, 7) is 8.86. The third-order valence-corrected chi connectivity index (χ3v) is 5.58. The molecule has 0 amide bonds. The highest BCUT2D eigenvalue weighted by Crippen LogP contribution is 2.36. The molecule has 2 heterocycles. The average molecular weight is 330 g/mol. The second kappa shape index (κ2) is 5.26. The molecule has 1 aromatic rings. The molecule has 0 saturated carbocycles. The number of rotatable bonds is 3. The SMILES string of the molecule is CC(c1cc(B2OC(C)(C)C(C)(C)O2)cnc1F)S(N)(=O)=O. The van der Waals surface area contributed by atoms with Gasteiger partial charge in [-0.05, 0) is 34.6 Å². The lowest BCUT2D eigenvalue weighted by atomic mass is 9.79. The van der Waals surface area contributed by atoms with Crippen LogP contribution in [0.3, 0.4) is 0 Å². The fraction of sp³-hybridized carbons (Fsp3) is 0.615. The summed E-state index contributed by atoms with van der Waals surface area (Å²) in [5.41, 5.74) is -0.768. The first kappa shape index (κ1) is 17.3. The van der Waals surface area contributed by atoms with Gasteiger partial charge in [0.25, 0.3) is 0 Å². The number of primary sulfonamides is 1. The Balaban J connectivity index is 2.40. The molecule has 1 aromatic heterocycles. The highest BCUT2D eigenvalue weighted by atomic mass is 32.2. The van der Waals surface area contributed by atoms with E-state index in [1.807, 2.05) is 27.7 Å². The summed E-state index contributed by atoms with van der Waals surface area (Å²) in [7, 11) is -4.67. The van der Waals surface area contributed by atoms with Gasteiger partial charge in [0.15, 0.2) is 0 Å². The molecule has 2 N–H and O–H groups in total. The molecule has 22 heavy (non-hydrogen) atoms. The van der Waals surface area contributed by atoms with Crippen LogP contribution in [0.4, 0.5) is 4.39 Å². The van der Waals surface area contributed by atoms with Crippen molar-refractivity contribution in [2.24, 2.45) is 5.14 Å². The van der Waals surface area contributed by atoms with Crippen LogP contribution in [-0.4, -0.2) is 31.7 Å². The predicted octanol–water partition coefficient (Wildman–Crippen LogP) is 0.869. The molecule has 1 atom stereocenters. The molecule has 1 aliphatic rings. The number of halogens is 1. The van der Waals surface area contributed by atoms with E-state index >= 15 is 0 Å². The van der Waals surface area contributed by atoms with Gasteiger partial charge in [0.1, 0.15) is 5.25 Å². The Labute approximate surface area is 130 Å². The zero-order valence-electron chi connectivity index (χ0n) is 13.3. The molecule has 1 aliphatic heterocycles. The van der Waals surface area contributed by atoms with Crippen molar-refractivity contribution >= 4 is 22.6 Å². The topological polar surface area (TPSA) is 91.5 Å². The van der Waals surface area contributed by atoms with Crippen LogP contribution in [0.2, 0.25) is 0 Å². The zero-order valence-corrected chi connectivity index (χ0v) is 14.1. The van der Waals surface area contributed by atoms with Crippen molar-refractivity contribution in [1.82, 2.24) is 4.98 Å². The van der Waals surface area contributed by atoms with Crippen molar-refractivity contribution in [3.05, 3.63) is 23.8 Å². The number of hydrogen-bond acceptors (Lipinski definition) is 5. The standard InChI is InChI=1S/C13H20BFN2O4S/c1-8(22(16,18)19)10-6-9(7-17-11(10)15)14-20-12(2,3)13(4,5)21-14/h6-8H,1-5H3,(H2,16,18,19). The molecule has 6 nitrogen and oxygen atoms in total. The number of sulfonamides is 1. The van der Waals surface area contributed by atoms with Crippen molar-refractivity contribution < 1.29 is 22.1 Å². The van der Waals surface area contributed by atoms with Crippen LogP contribution in [0.5, 0.6) is 0 Å². The summed E-state index contributed by atoms with van der Waals surface area (Å²) in [6.07, 6.45) is 1.27. The quantitative estimate of drug-likeness (QED) is 0.656. The summed E-state index contributed by atoms with van der Waals surface area (Å²) < 4.78 is 48.4. The Morgan fingerprint density at radius 2 is 1.77 bits per heavy atom. The van der Waals surface area contributed by atoms with Crippen LogP contribution in [0.25, 0.3) is 0 Å². The second-order valence-corrected chi connectivity index (χ2v) is 8.35. The maximum Gasteiger partial charge on any atom is 0.496 e. The smallest absolute Gasteiger partial charge is 0.399 e. The lowest BCUT2D eigenvalue weighted by molar-refractivity contribution is 0.00578. The molecule has 0 radical (unpaired) electrons. The van der Waals surface area contributed by atoms with E-state index in [0.717, 1.165) is 0 Å². The first-order valence-electron chi connectivity index (χ1n) is 6.88. The molecule has 0 aromatic carbocycles.